The lowest BCUT2D eigenvalue weighted by molar-refractivity contribution is -0.109. The first kappa shape index (κ1) is 17.3. The zero-order valence-corrected chi connectivity index (χ0v) is 13.7. The molecule has 0 aromatic heterocycles. The van der Waals surface area contributed by atoms with Crippen LogP contribution in [0.25, 0.3) is 0 Å². The molecule has 2 rings (SSSR count). The van der Waals surface area contributed by atoms with Crippen molar-refractivity contribution in [3.8, 4) is 5.75 Å². The van der Waals surface area contributed by atoms with E-state index in [1.807, 2.05) is 68.4 Å². The summed E-state index contributed by atoms with van der Waals surface area (Å²) in [5.74, 6) is 1.53. The Hall–Kier alpha value is -1.74. The Balaban J connectivity index is 0.00000106. The van der Waals surface area contributed by atoms with Gasteiger partial charge in [0.15, 0.2) is 5.12 Å². The average molecular weight is 302 g/mol. The van der Waals surface area contributed by atoms with Crippen LogP contribution in [0, 0.1) is 0 Å². The van der Waals surface area contributed by atoms with Gasteiger partial charge in [-0.2, -0.15) is 0 Å². The Labute approximate surface area is 131 Å². The Morgan fingerprint density at radius 3 is 2.33 bits per heavy atom. The molecule has 0 N–H and O–H groups in total. The summed E-state index contributed by atoms with van der Waals surface area (Å²) in [7, 11) is 0. The Morgan fingerprint density at radius 2 is 1.67 bits per heavy atom. The number of carbonyl (C=O) groups is 1. The van der Waals surface area contributed by atoms with Gasteiger partial charge in [0.05, 0.1) is 0 Å². The summed E-state index contributed by atoms with van der Waals surface area (Å²) in [6.07, 6.45) is 0. The molecule has 3 heteroatoms. The van der Waals surface area contributed by atoms with E-state index >= 15 is 0 Å². The van der Waals surface area contributed by atoms with Gasteiger partial charge in [0.1, 0.15) is 12.4 Å². The molecule has 0 amide bonds. The first-order valence-electron chi connectivity index (χ1n) is 7.13. The topological polar surface area (TPSA) is 26.3 Å². The van der Waals surface area contributed by atoms with Gasteiger partial charge in [-0.05, 0) is 23.3 Å². The van der Waals surface area contributed by atoms with E-state index < -0.39 is 0 Å². The molecule has 0 saturated carbocycles. The molecule has 2 aromatic rings. The van der Waals surface area contributed by atoms with Crippen molar-refractivity contribution >= 4 is 16.9 Å². The SMILES string of the molecule is CC.CC(=O)SCc1cccc(OCc2ccccc2)c1. The standard InChI is InChI=1S/C16H16O2S.C2H6/c1-13(17)19-12-15-8-5-9-16(10-15)18-11-14-6-3-2-4-7-14;1-2/h2-10H,11-12H2,1H3;1-2H3. The maximum Gasteiger partial charge on any atom is 0.186 e. The van der Waals surface area contributed by atoms with Crippen molar-refractivity contribution in [2.75, 3.05) is 0 Å². The van der Waals surface area contributed by atoms with Gasteiger partial charge in [0, 0.05) is 12.7 Å². The second kappa shape index (κ2) is 10.1. The Bertz CT molecular complexity index is 538. The third-order valence-electron chi connectivity index (χ3n) is 2.59. The third-order valence-corrected chi connectivity index (χ3v) is 3.47. The van der Waals surface area contributed by atoms with Gasteiger partial charge < -0.3 is 4.74 Å². The highest BCUT2D eigenvalue weighted by Gasteiger charge is 2.00. The lowest BCUT2D eigenvalue weighted by Crippen LogP contribution is -1.95. The minimum atomic E-state index is 0.135. The molecule has 2 nitrogen and oxygen atoms in total. The fourth-order valence-corrected chi connectivity index (χ4v) is 2.20. The molecular formula is C18H22O2S. The Morgan fingerprint density at radius 1 is 1.00 bits per heavy atom. The predicted molar refractivity (Wildman–Crippen MR) is 90.5 cm³/mol. The van der Waals surface area contributed by atoms with Crippen LogP contribution in [0.15, 0.2) is 54.6 Å². The minimum absolute atomic E-state index is 0.135. The van der Waals surface area contributed by atoms with Crippen LogP contribution in [0.2, 0.25) is 0 Å². The summed E-state index contributed by atoms with van der Waals surface area (Å²) in [6.45, 7) is 6.14. The van der Waals surface area contributed by atoms with Crippen LogP contribution in [0.5, 0.6) is 5.75 Å². The fraction of sp³-hybridized carbons (Fsp3) is 0.278. The summed E-state index contributed by atoms with van der Waals surface area (Å²) in [5, 5.41) is 0.135. The van der Waals surface area contributed by atoms with Gasteiger partial charge in [-0.15, -0.1) is 0 Å². The summed E-state index contributed by atoms with van der Waals surface area (Å²) in [6, 6.07) is 17.9. The van der Waals surface area contributed by atoms with Gasteiger partial charge >= 0.3 is 0 Å². The smallest absolute Gasteiger partial charge is 0.186 e. The summed E-state index contributed by atoms with van der Waals surface area (Å²) >= 11 is 1.31. The van der Waals surface area contributed by atoms with Crippen molar-refractivity contribution in [3.63, 3.8) is 0 Å². The molecule has 0 bridgehead atoms. The van der Waals surface area contributed by atoms with E-state index in [4.69, 9.17) is 4.74 Å². The van der Waals surface area contributed by atoms with Gasteiger partial charge in [-0.3, -0.25) is 4.79 Å². The molecular weight excluding hydrogens is 280 g/mol. The lowest BCUT2D eigenvalue weighted by atomic mass is 10.2. The van der Waals surface area contributed by atoms with Crippen molar-refractivity contribution in [2.45, 2.75) is 33.1 Å². The number of benzene rings is 2. The fourth-order valence-electron chi connectivity index (χ4n) is 1.65. The van der Waals surface area contributed by atoms with Crippen LogP contribution in [-0.2, 0) is 17.2 Å². The molecule has 0 aliphatic heterocycles. The van der Waals surface area contributed by atoms with Crippen molar-refractivity contribution < 1.29 is 9.53 Å². The van der Waals surface area contributed by atoms with Crippen molar-refractivity contribution in [3.05, 3.63) is 65.7 Å². The quantitative estimate of drug-likeness (QED) is 0.771. The normalized spacial score (nSPS) is 9.48. The zero-order chi connectivity index (χ0) is 15.5. The van der Waals surface area contributed by atoms with Gasteiger partial charge in [-0.25, -0.2) is 0 Å². The van der Waals surface area contributed by atoms with E-state index in [-0.39, 0.29) is 5.12 Å². The van der Waals surface area contributed by atoms with E-state index in [1.165, 1.54) is 11.8 Å². The highest BCUT2D eigenvalue weighted by atomic mass is 32.2. The first-order chi connectivity index (χ1) is 10.2. The molecule has 0 spiro atoms. The number of carbonyl (C=O) groups excluding carboxylic acids is 1. The van der Waals surface area contributed by atoms with E-state index in [0.717, 1.165) is 16.9 Å². The molecule has 0 radical (unpaired) electrons. The van der Waals surface area contributed by atoms with E-state index in [1.54, 1.807) is 6.92 Å². The lowest BCUT2D eigenvalue weighted by Gasteiger charge is -2.07. The van der Waals surface area contributed by atoms with Crippen molar-refractivity contribution in [2.24, 2.45) is 0 Å². The van der Waals surface area contributed by atoms with Gasteiger partial charge in [-0.1, -0.05) is 68.1 Å². The summed E-state index contributed by atoms with van der Waals surface area (Å²) in [5.41, 5.74) is 2.25. The molecule has 2 aromatic carbocycles. The molecule has 21 heavy (non-hydrogen) atoms. The summed E-state index contributed by atoms with van der Waals surface area (Å²) < 4.78 is 5.75. The number of rotatable bonds is 5. The van der Waals surface area contributed by atoms with E-state index in [0.29, 0.717) is 12.4 Å². The third kappa shape index (κ3) is 7.00. The molecule has 0 fully saturated rings. The monoisotopic (exact) mass is 302 g/mol. The van der Waals surface area contributed by atoms with Crippen LogP contribution in [0.4, 0.5) is 0 Å². The van der Waals surface area contributed by atoms with E-state index in [9.17, 15) is 4.79 Å². The molecule has 112 valence electrons. The van der Waals surface area contributed by atoms with Crippen LogP contribution < -0.4 is 4.74 Å². The van der Waals surface area contributed by atoms with Gasteiger partial charge in [0.2, 0.25) is 0 Å². The number of thioether (sulfide) groups is 1. The van der Waals surface area contributed by atoms with Crippen LogP contribution in [-0.4, -0.2) is 5.12 Å². The largest absolute Gasteiger partial charge is 0.489 e. The average Bonchev–Trinajstić information content (AvgIpc) is 2.54. The molecule has 0 heterocycles. The number of ether oxygens (including phenoxy) is 1. The van der Waals surface area contributed by atoms with Crippen LogP contribution in [0.1, 0.15) is 31.9 Å². The first-order valence-corrected chi connectivity index (χ1v) is 8.11. The van der Waals surface area contributed by atoms with E-state index in [2.05, 4.69) is 0 Å². The maximum absolute atomic E-state index is 10.9. The van der Waals surface area contributed by atoms with Crippen molar-refractivity contribution in [1.29, 1.82) is 0 Å². The zero-order valence-electron chi connectivity index (χ0n) is 12.8. The molecule has 0 atom stereocenters. The molecule has 0 aliphatic rings. The highest BCUT2D eigenvalue weighted by Crippen LogP contribution is 2.19. The van der Waals surface area contributed by atoms with Crippen LogP contribution in [0.3, 0.4) is 0 Å². The number of hydrogen-bond donors (Lipinski definition) is 0. The number of hydrogen-bond acceptors (Lipinski definition) is 3. The highest BCUT2D eigenvalue weighted by molar-refractivity contribution is 8.12. The van der Waals surface area contributed by atoms with Crippen LogP contribution >= 0.6 is 11.8 Å². The minimum Gasteiger partial charge on any atom is -0.489 e. The second-order valence-corrected chi connectivity index (χ2v) is 5.35. The summed E-state index contributed by atoms with van der Waals surface area (Å²) in [4.78, 5) is 10.9. The molecule has 0 aliphatic carbocycles. The second-order valence-electron chi connectivity index (χ2n) is 4.20. The molecule has 0 unspecified atom stereocenters. The van der Waals surface area contributed by atoms with Gasteiger partial charge in [0.25, 0.3) is 0 Å². The maximum atomic E-state index is 10.9. The van der Waals surface area contributed by atoms with Crippen molar-refractivity contribution in [1.82, 2.24) is 0 Å². The Kier molecular flexibility index (Phi) is 8.29. The predicted octanol–water partition coefficient (Wildman–Crippen LogP) is 5.07. The molecule has 0 saturated heterocycles.